The Morgan fingerprint density at radius 3 is 2.74 bits per heavy atom. The Morgan fingerprint density at radius 1 is 1.42 bits per heavy atom. The number of carbonyl (C=O) groups is 1. The zero-order chi connectivity index (χ0) is 14.0. The summed E-state index contributed by atoms with van der Waals surface area (Å²) in [6, 6.07) is 3.78. The van der Waals surface area contributed by atoms with Crippen LogP contribution in [0.1, 0.15) is 19.5 Å². The Bertz CT molecular complexity index is 574. The van der Waals surface area contributed by atoms with Gasteiger partial charge in [-0.1, -0.05) is 13.8 Å². The number of hydrogen-bond acceptors (Lipinski definition) is 3. The molecule has 0 aliphatic carbocycles. The third kappa shape index (κ3) is 2.65. The molecule has 0 fully saturated rings. The van der Waals surface area contributed by atoms with E-state index in [2.05, 4.69) is 10.1 Å². The van der Waals surface area contributed by atoms with Gasteiger partial charge in [0, 0.05) is 19.2 Å². The van der Waals surface area contributed by atoms with Gasteiger partial charge in [0.15, 0.2) is 0 Å². The predicted molar refractivity (Wildman–Crippen MR) is 74.3 cm³/mol. The van der Waals surface area contributed by atoms with Gasteiger partial charge in [-0.25, -0.2) is 4.68 Å². The molecular formula is C14H18N4O. The van der Waals surface area contributed by atoms with Crippen molar-refractivity contribution in [3.8, 4) is 5.69 Å². The van der Waals surface area contributed by atoms with E-state index in [1.807, 2.05) is 39.1 Å². The Labute approximate surface area is 112 Å². The number of anilines is 1. The Morgan fingerprint density at radius 2 is 2.16 bits per heavy atom. The fraction of sp³-hybridized carbons (Fsp3) is 0.357. The van der Waals surface area contributed by atoms with Gasteiger partial charge in [0.2, 0.25) is 5.91 Å². The smallest absolute Gasteiger partial charge is 0.229 e. The fourth-order valence-corrected chi connectivity index (χ4v) is 1.91. The number of amides is 1. The average molecular weight is 258 g/mol. The second-order valence-corrected chi connectivity index (χ2v) is 4.81. The van der Waals surface area contributed by atoms with E-state index < -0.39 is 0 Å². The number of nitrogens with zero attached hydrogens (tertiary/aromatic N) is 4. The highest BCUT2D eigenvalue weighted by molar-refractivity contribution is 5.94. The van der Waals surface area contributed by atoms with Gasteiger partial charge in [-0.2, -0.15) is 5.10 Å². The highest BCUT2D eigenvalue weighted by Crippen LogP contribution is 2.21. The maximum absolute atomic E-state index is 12.0. The van der Waals surface area contributed by atoms with E-state index in [1.54, 1.807) is 29.0 Å². The van der Waals surface area contributed by atoms with E-state index in [9.17, 15) is 4.79 Å². The molecule has 0 atom stereocenters. The minimum Gasteiger partial charge on any atom is -0.312 e. The first-order valence-corrected chi connectivity index (χ1v) is 6.25. The summed E-state index contributed by atoms with van der Waals surface area (Å²) in [5.41, 5.74) is 2.52. The molecule has 0 bridgehead atoms. The summed E-state index contributed by atoms with van der Waals surface area (Å²) in [5.74, 6) is 0.0416. The number of carbonyl (C=O) groups excluding carboxylic acids is 1. The second kappa shape index (κ2) is 5.22. The van der Waals surface area contributed by atoms with Crippen molar-refractivity contribution in [2.24, 2.45) is 5.92 Å². The minimum atomic E-state index is -0.0360. The van der Waals surface area contributed by atoms with Crippen molar-refractivity contribution >= 4 is 11.6 Å². The fourth-order valence-electron chi connectivity index (χ4n) is 1.91. The van der Waals surface area contributed by atoms with Crippen LogP contribution in [0.2, 0.25) is 0 Å². The first kappa shape index (κ1) is 13.3. The van der Waals surface area contributed by atoms with Gasteiger partial charge in [0.05, 0.1) is 29.5 Å². The normalized spacial score (nSPS) is 10.8. The van der Waals surface area contributed by atoms with Gasteiger partial charge in [0.1, 0.15) is 0 Å². The van der Waals surface area contributed by atoms with Crippen LogP contribution < -0.4 is 4.90 Å². The minimum absolute atomic E-state index is 0.0360. The molecule has 0 aliphatic rings. The molecule has 2 heterocycles. The predicted octanol–water partition coefficient (Wildman–Crippen LogP) is 2.19. The lowest BCUT2D eigenvalue weighted by molar-refractivity contribution is -0.121. The topological polar surface area (TPSA) is 51.0 Å². The van der Waals surface area contributed by atoms with Gasteiger partial charge in [-0.15, -0.1) is 0 Å². The highest BCUT2D eigenvalue weighted by atomic mass is 16.2. The maximum atomic E-state index is 12.0. The highest BCUT2D eigenvalue weighted by Gasteiger charge is 2.18. The van der Waals surface area contributed by atoms with Gasteiger partial charge in [0.25, 0.3) is 0 Å². The maximum Gasteiger partial charge on any atom is 0.229 e. The molecule has 0 saturated heterocycles. The summed E-state index contributed by atoms with van der Waals surface area (Å²) in [6.45, 7) is 5.67. The zero-order valence-electron chi connectivity index (χ0n) is 11.7. The molecule has 1 amide bonds. The third-order valence-electron chi connectivity index (χ3n) is 2.97. The summed E-state index contributed by atoms with van der Waals surface area (Å²) in [6.07, 6.45) is 5.31. The van der Waals surface area contributed by atoms with Crippen molar-refractivity contribution in [1.29, 1.82) is 0 Å². The monoisotopic (exact) mass is 258 g/mol. The molecular weight excluding hydrogens is 240 g/mol. The molecule has 0 N–H and O–H groups in total. The van der Waals surface area contributed by atoms with E-state index >= 15 is 0 Å². The Kier molecular flexibility index (Phi) is 3.64. The van der Waals surface area contributed by atoms with E-state index in [1.165, 1.54) is 0 Å². The van der Waals surface area contributed by atoms with Crippen molar-refractivity contribution in [2.45, 2.75) is 20.8 Å². The summed E-state index contributed by atoms with van der Waals surface area (Å²) in [4.78, 5) is 17.7. The van der Waals surface area contributed by atoms with E-state index in [0.29, 0.717) is 0 Å². The van der Waals surface area contributed by atoms with Crippen molar-refractivity contribution in [3.63, 3.8) is 0 Å². The third-order valence-corrected chi connectivity index (χ3v) is 2.97. The molecule has 2 rings (SSSR count). The van der Waals surface area contributed by atoms with Crippen molar-refractivity contribution in [1.82, 2.24) is 14.8 Å². The van der Waals surface area contributed by atoms with Gasteiger partial charge in [-0.3, -0.25) is 9.78 Å². The van der Waals surface area contributed by atoms with Gasteiger partial charge >= 0.3 is 0 Å². The average Bonchev–Trinajstić information content (AvgIpc) is 2.80. The summed E-state index contributed by atoms with van der Waals surface area (Å²) < 4.78 is 1.74. The largest absolute Gasteiger partial charge is 0.312 e. The van der Waals surface area contributed by atoms with E-state index in [4.69, 9.17) is 0 Å². The number of pyridine rings is 1. The van der Waals surface area contributed by atoms with Crippen LogP contribution in [0.3, 0.4) is 0 Å². The van der Waals surface area contributed by atoms with Crippen LogP contribution in [0, 0.1) is 12.8 Å². The number of hydrogen-bond donors (Lipinski definition) is 0. The molecule has 100 valence electrons. The molecule has 5 nitrogen and oxygen atoms in total. The van der Waals surface area contributed by atoms with Crippen LogP contribution in [-0.4, -0.2) is 27.7 Å². The summed E-state index contributed by atoms with van der Waals surface area (Å²) >= 11 is 0. The molecule has 0 radical (unpaired) electrons. The van der Waals surface area contributed by atoms with Crippen LogP contribution >= 0.6 is 0 Å². The van der Waals surface area contributed by atoms with Crippen LogP contribution in [-0.2, 0) is 4.79 Å². The van der Waals surface area contributed by atoms with Gasteiger partial charge < -0.3 is 4.90 Å². The number of rotatable bonds is 3. The van der Waals surface area contributed by atoms with Crippen molar-refractivity contribution < 1.29 is 4.79 Å². The molecule has 19 heavy (non-hydrogen) atoms. The molecule has 0 spiro atoms. The zero-order valence-corrected chi connectivity index (χ0v) is 11.7. The summed E-state index contributed by atoms with van der Waals surface area (Å²) in [5, 5.41) is 4.43. The lowest BCUT2D eigenvalue weighted by Crippen LogP contribution is -2.30. The van der Waals surface area contributed by atoms with Crippen LogP contribution in [0.5, 0.6) is 0 Å². The lowest BCUT2D eigenvalue weighted by Gasteiger charge is -2.18. The second-order valence-electron chi connectivity index (χ2n) is 4.81. The Balaban J connectivity index is 2.34. The SMILES string of the molecule is Cc1nn(-c2cccnc2)cc1N(C)C(=O)C(C)C. The number of aromatic nitrogens is 3. The first-order valence-electron chi connectivity index (χ1n) is 6.25. The van der Waals surface area contributed by atoms with Crippen molar-refractivity contribution in [3.05, 3.63) is 36.4 Å². The molecule has 0 saturated carbocycles. The number of aryl methyl sites for hydroxylation is 1. The standard InChI is InChI=1S/C14H18N4O/c1-10(2)14(19)17(4)13-9-18(16-11(13)3)12-6-5-7-15-8-12/h5-10H,1-4H3. The van der Waals surface area contributed by atoms with Crippen molar-refractivity contribution in [2.75, 3.05) is 11.9 Å². The summed E-state index contributed by atoms with van der Waals surface area (Å²) in [7, 11) is 1.78. The van der Waals surface area contributed by atoms with E-state index in [0.717, 1.165) is 17.1 Å². The molecule has 2 aromatic rings. The van der Waals surface area contributed by atoms with Crippen LogP contribution in [0.4, 0.5) is 5.69 Å². The van der Waals surface area contributed by atoms with Gasteiger partial charge in [-0.05, 0) is 19.1 Å². The molecule has 0 unspecified atom stereocenters. The quantitative estimate of drug-likeness (QED) is 0.848. The van der Waals surface area contributed by atoms with E-state index in [-0.39, 0.29) is 11.8 Å². The molecule has 0 aliphatic heterocycles. The Hall–Kier alpha value is -2.17. The molecule has 5 heteroatoms. The van der Waals surface area contributed by atoms with Crippen LogP contribution in [0.25, 0.3) is 5.69 Å². The first-order chi connectivity index (χ1) is 9.00. The molecule has 0 aromatic carbocycles. The van der Waals surface area contributed by atoms with Crippen LogP contribution in [0.15, 0.2) is 30.7 Å². The molecule has 2 aromatic heterocycles. The lowest BCUT2D eigenvalue weighted by atomic mass is 10.2.